The van der Waals surface area contributed by atoms with Gasteiger partial charge in [-0.05, 0) is 25.3 Å². The van der Waals surface area contributed by atoms with Crippen molar-refractivity contribution >= 4 is 5.78 Å². The molecule has 0 saturated carbocycles. The van der Waals surface area contributed by atoms with Crippen LogP contribution < -0.4 is 0 Å². The van der Waals surface area contributed by atoms with Crippen LogP contribution in [-0.4, -0.2) is 25.1 Å². The molecule has 100 valence electrons. The highest BCUT2D eigenvalue weighted by molar-refractivity contribution is 6.08. The molecule has 3 nitrogen and oxygen atoms in total. The summed E-state index contributed by atoms with van der Waals surface area (Å²) in [5.74, 6) is 1.16. The molecule has 0 amide bonds. The fourth-order valence-electron chi connectivity index (χ4n) is 2.29. The number of carbonyl (C=O) groups excluding carboxylic acids is 1. The maximum Gasteiger partial charge on any atom is 0.185 e. The summed E-state index contributed by atoms with van der Waals surface area (Å²) < 4.78 is 10.7. The Morgan fingerprint density at radius 2 is 2.05 bits per heavy atom. The zero-order chi connectivity index (χ0) is 13.1. The minimum absolute atomic E-state index is 0.199. The zero-order valence-electron chi connectivity index (χ0n) is 10.9. The zero-order valence-corrected chi connectivity index (χ0v) is 10.9. The lowest BCUT2D eigenvalue weighted by Gasteiger charge is -2.16. The number of hydrogen-bond acceptors (Lipinski definition) is 3. The van der Waals surface area contributed by atoms with E-state index in [1.54, 1.807) is 0 Å². The molecule has 2 aliphatic carbocycles. The largest absolute Gasteiger partial charge is 0.495 e. The number of epoxide rings is 1. The van der Waals surface area contributed by atoms with Crippen molar-refractivity contribution in [1.82, 2.24) is 0 Å². The van der Waals surface area contributed by atoms with Gasteiger partial charge in [0, 0.05) is 17.6 Å². The van der Waals surface area contributed by atoms with Gasteiger partial charge in [-0.2, -0.15) is 0 Å². The summed E-state index contributed by atoms with van der Waals surface area (Å²) in [6.07, 6.45) is 13.5. The van der Waals surface area contributed by atoms with E-state index in [0.29, 0.717) is 6.61 Å². The first-order valence-electron chi connectivity index (χ1n) is 6.87. The summed E-state index contributed by atoms with van der Waals surface area (Å²) in [6.45, 7) is 1.45. The van der Waals surface area contributed by atoms with Crippen molar-refractivity contribution in [2.75, 3.05) is 13.2 Å². The third-order valence-corrected chi connectivity index (χ3v) is 3.57. The van der Waals surface area contributed by atoms with Crippen molar-refractivity contribution in [3.63, 3.8) is 0 Å². The highest BCUT2D eigenvalue weighted by Crippen LogP contribution is 2.25. The Bertz CT molecular complexity index is 490. The molecule has 0 aromatic rings. The van der Waals surface area contributed by atoms with Gasteiger partial charge in [0.2, 0.25) is 0 Å². The summed E-state index contributed by atoms with van der Waals surface area (Å²) >= 11 is 0. The van der Waals surface area contributed by atoms with E-state index in [4.69, 9.17) is 9.47 Å². The van der Waals surface area contributed by atoms with Crippen LogP contribution in [0.2, 0.25) is 0 Å². The van der Waals surface area contributed by atoms with Crippen LogP contribution in [0.5, 0.6) is 0 Å². The van der Waals surface area contributed by atoms with E-state index in [0.717, 1.165) is 49.2 Å². The molecule has 19 heavy (non-hydrogen) atoms. The summed E-state index contributed by atoms with van der Waals surface area (Å²) in [6, 6.07) is 0. The topological polar surface area (TPSA) is 38.8 Å². The second kappa shape index (κ2) is 5.57. The predicted octanol–water partition coefficient (Wildman–Crippen LogP) is 2.85. The van der Waals surface area contributed by atoms with Crippen LogP contribution in [0.1, 0.15) is 25.7 Å². The number of rotatable bonds is 5. The quantitative estimate of drug-likeness (QED) is 0.712. The van der Waals surface area contributed by atoms with Crippen molar-refractivity contribution in [1.29, 1.82) is 0 Å². The number of carbonyl (C=O) groups is 1. The van der Waals surface area contributed by atoms with Gasteiger partial charge in [0.15, 0.2) is 5.78 Å². The van der Waals surface area contributed by atoms with Gasteiger partial charge < -0.3 is 9.47 Å². The van der Waals surface area contributed by atoms with Gasteiger partial charge in [-0.1, -0.05) is 24.3 Å². The number of ketones is 1. The van der Waals surface area contributed by atoms with E-state index in [-0.39, 0.29) is 11.9 Å². The fraction of sp³-hybridized carbons (Fsp3) is 0.438. The summed E-state index contributed by atoms with van der Waals surface area (Å²) in [7, 11) is 0. The monoisotopic (exact) mass is 258 g/mol. The van der Waals surface area contributed by atoms with E-state index < -0.39 is 0 Å². The summed E-state index contributed by atoms with van der Waals surface area (Å²) in [5, 5.41) is 0. The Hall–Kier alpha value is -1.61. The van der Waals surface area contributed by atoms with Gasteiger partial charge >= 0.3 is 0 Å². The Labute approximate surface area is 113 Å². The number of allylic oxidation sites excluding steroid dienone is 8. The molecule has 0 radical (unpaired) electrons. The predicted molar refractivity (Wildman–Crippen MR) is 72.6 cm³/mol. The molecule has 1 unspecified atom stereocenters. The van der Waals surface area contributed by atoms with Crippen LogP contribution in [0.3, 0.4) is 0 Å². The maximum atomic E-state index is 12.3. The lowest BCUT2D eigenvalue weighted by atomic mass is 9.91. The standard InChI is InChI=1S/C16H18O3/c17-16(12-4-2-1-3-5-12)13-6-8-14(9-7-13)18-10-15-11-19-15/h1-2,4,6,8,15H,3,5,7,9-11H2. The Morgan fingerprint density at radius 3 is 2.68 bits per heavy atom. The van der Waals surface area contributed by atoms with Crippen LogP contribution in [0, 0.1) is 0 Å². The Balaban J connectivity index is 1.60. The third kappa shape index (κ3) is 3.24. The minimum atomic E-state index is 0.199. The molecule has 0 bridgehead atoms. The molecule has 1 fully saturated rings. The normalized spacial score (nSPS) is 25.3. The van der Waals surface area contributed by atoms with Gasteiger partial charge in [0.1, 0.15) is 12.7 Å². The first kappa shape index (κ1) is 12.4. The molecule has 0 aromatic heterocycles. The molecule has 3 heteroatoms. The van der Waals surface area contributed by atoms with Gasteiger partial charge in [-0.15, -0.1) is 0 Å². The Kier molecular flexibility index (Phi) is 3.65. The van der Waals surface area contributed by atoms with Gasteiger partial charge in [-0.25, -0.2) is 0 Å². The Morgan fingerprint density at radius 1 is 1.21 bits per heavy atom. The minimum Gasteiger partial charge on any atom is -0.495 e. The number of hydrogen-bond donors (Lipinski definition) is 0. The molecule has 3 rings (SSSR count). The van der Waals surface area contributed by atoms with Crippen LogP contribution in [0.25, 0.3) is 0 Å². The lowest BCUT2D eigenvalue weighted by molar-refractivity contribution is -0.112. The van der Waals surface area contributed by atoms with Gasteiger partial charge in [0.05, 0.1) is 12.4 Å². The average molecular weight is 258 g/mol. The molecule has 1 atom stereocenters. The molecule has 0 N–H and O–H groups in total. The molecule has 1 aliphatic heterocycles. The second-order valence-corrected chi connectivity index (χ2v) is 5.08. The molecule has 1 heterocycles. The molecule has 1 saturated heterocycles. The van der Waals surface area contributed by atoms with E-state index >= 15 is 0 Å². The van der Waals surface area contributed by atoms with Crippen LogP contribution in [0.15, 0.2) is 47.3 Å². The number of ether oxygens (including phenoxy) is 2. The second-order valence-electron chi connectivity index (χ2n) is 5.08. The van der Waals surface area contributed by atoms with Crippen LogP contribution in [0.4, 0.5) is 0 Å². The van der Waals surface area contributed by atoms with Crippen molar-refractivity contribution in [2.45, 2.75) is 31.8 Å². The van der Waals surface area contributed by atoms with Gasteiger partial charge in [0.25, 0.3) is 0 Å². The van der Waals surface area contributed by atoms with Gasteiger partial charge in [-0.3, -0.25) is 4.79 Å². The van der Waals surface area contributed by atoms with E-state index in [2.05, 4.69) is 6.08 Å². The first-order chi connectivity index (χ1) is 9.33. The average Bonchev–Trinajstić information content (AvgIpc) is 3.30. The lowest BCUT2D eigenvalue weighted by Crippen LogP contribution is -2.11. The summed E-state index contributed by atoms with van der Waals surface area (Å²) in [5.41, 5.74) is 1.83. The molecule has 0 aromatic carbocycles. The molecule has 0 spiro atoms. The molecular weight excluding hydrogens is 240 g/mol. The highest BCUT2D eigenvalue weighted by Gasteiger charge is 2.24. The summed E-state index contributed by atoms with van der Waals surface area (Å²) in [4.78, 5) is 12.3. The number of Topliss-reactive ketones (excluding diaryl/α,β-unsaturated/α-hetero) is 1. The smallest absolute Gasteiger partial charge is 0.185 e. The van der Waals surface area contributed by atoms with Crippen molar-refractivity contribution < 1.29 is 14.3 Å². The highest BCUT2D eigenvalue weighted by atomic mass is 16.6. The van der Waals surface area contributed by atoms with Crippen LogP contribution >= 0.6 is 0 Å². The van der Waals surface area contributed by atoms with E-state index in [1.807, 2.05) is 24.3 Å². The molecule has 3 aliphatic rings. The van der Waals surface area contributed by atoms with Crippen molar-refractivity contribution in [3.05, 3.63) is 47.3 Å². The fourth-order valence-corrected chi connectivity index (χ4v) is 2.29. The SMILES string of the molecule is O=C(C1=CC=CCC1)C1=CC=C(OCC2CO2)CC1. The van der Waals surface area contributed by atoms with E-state index in [1.165, 1.54) is 0 Å². The van der Waals surface area contributed by atoms with Crippen molar-refractivity contribution in [2.24, 2.45) is 0 Å². The third-order valence-electron chi connectivity index (χ3n) is 3.57. The van der Waals surface area contributed by atoms with E-state index in [9.17, 15) is 4.79 Å². The molecular formula is C16H18O3. The van der Waals surface area contributed by atoms with Crippen LogP contribution in [-0.2, 0) is 14.3 Å². The van der Waals surface area contributed by atoms with Crippen molar-refractivity contribution in [3.8, 4) is 0 Å². The first-order valence-corrected chi connectivity index (χ1v) is 6.87. The maximum absolute atomic E-state index is 12.3.